The van der Waals surface area contributed by atoms with E-state index >= 15 is 0 Å². The number of nitrogens with zero attached hydrogens (tertiary/aromatic N) is 1. The van der Waals surface area contributed by atoms with Crippen LogP contribution in [0.2, 0.25) is 0 Å². The molecule has 8 nitrogen and oxygen atoms in total. The van der Waals surface area contributed by atoms with Crippen LogP contribution in [-0.2, 0) is 4.74 Å². The summed E-state index contributed by atoms with van der Waals surface area (Å²) in [4.78, 5) is 20.3. The second kappa shape index (κ2) is 9.80. The maximum Gasteiger partial charge on any atom is 0.503 e. The average molecular weight is 424 g/mol. The Morgan fingerprint density at radius 1 is 1.03 bits per heavy atom. The number of nitrogens with one attached hydrogen (secondary N) is 1. The third kappa shape index (κ3) is 5.85. The minimum Gasteiger partial charge on any atom is -0.450 e. The van der Waals surface area contributed by atoms with Crippen LogP contribution in [-0.4, -0.2) is 34.2 Å². The number of hydrogen-bond donors (Lipinski definition) is 3. The zero-order chi connectivity index (χ0) is 22.4. The molecule has 3 N–H and O–H groups in total. The van der Waals surface area contributed by atoms with Crippen molar-refractivity contribution in [1.82, 2.24) is 5.16 Å². The lowest BCUT2D eigenvalue weighted by molar-refractivity contribution is 0.137. The Bertz CT molecular complexity index is 1030. The van der Waals surface area contributed by atoms with Gasteiger partial charge in [0.1, 0.15) is 11.4 Å². The van der Waals surface area contributed by atoms with Gasteiger partial charge < -0.3 is 19.5 Å². The van der Waals surface area contributed by atoms with Gasteiger partial charge in [-0.3, -0.25) is 5.32 Å². The molecule has 0 radical (unpaired) electrons. The number of aromatic nitrogens is 1. The molecule has 0 saturated heterocycles. The molecule has 1 aromatic heterocycles. The first-order chi connectivity index (χ1) is 14.9. The minimum atomic E-state index is -1.83. The van der Waals surface area contributed by atoms with E-state index in [0.717, 1.165) is 17.0 Å². The van der Waals surface area contributed by atoms with Crippen molar-refractivity contribution in [2.24, 2.45) is 0 Å². The predicted octanol–water partition coefficient (Wildman–Crippen LogP) is 5.99. The quantitative estimate of drug-likeness (QED) is 0.460. The minimum absolute atomic E-state index is 0.305. The number of benzene rings is 2. The smallest absolute Gasteiger partial charge is 0.450 e. The predicted molar refractivity (Wildman–Crippen MR) is 115 cm³/mol. The second-order valence-electron chi connectivity index (χ2n) is 7.06. The van der Waals surface area contributed by atoms with Gasteiger partial charge in [0.2, 0.25) is 0 Å². The van der Waals surface area contributed by atoms with E-state index in [1.807, 2.05) is 12.1 Å². The third-order valence-corrected chi connectivity index (χ3v) is 4.82. The van der Waals surface area contributed by atoms with Crippen molar-refractivity contribution in [3.05, 3.63) is 59.9 Å². The highest BCUT2D eigenvalue weighted by atomic mass is 16.6. The van der Waals surface area contributed by atoms with E-state index in [9.17, 15) is 4.79 Å². The van der Waals surface area contributed by atoms with E-state index in [4.69, 9.17) is 24.3 Å². The highest BCUT2D eigenvalue weighted by molar-refractivity contribution is 5.91. The zero-order valence-corrected chi connectivity index (χ0v) is 17.3. The number of rotatable bonds is 5. The Balaban J connectivity index is 0.000000628. The Kier molecular flexibility index (Phi) is 6.92. The van der Waals surface area contributed by atoms with Crippen LogP contribution >= 0.6 is 0 Å². The number of carboxylic acid groups (broad SMARTS) is 2. The van der Waals surface area contributed by atoms with Gasteiger partial charge in [0.15, 0.2) is 5.76 Å². The van der Waals surface area contributed by atoms with Gasteiger partial charge in [-0.15, -0.1) is 0 Å². The number of hydrogen-bond acceptors (Lipinski definition) is 5. The van der Waals surface area contributed by atoms with Crippen LogP contribution in [0.5, 0.6) is 0 Å². The van der Waals surface area contributed by atoms with E-state index in [1.54, 1.807) is 13.8 Å². The molecule has 1 heterocycles. The van der Waals surface area contributed by atoms with Crippen LogP contribution in [0.3, 0.4) is 0 Å². The van der Waals surface area contributed by atoms with Crippen molar-refractivity contribution in [3.8, 4) is 22.4 Å². The van der Waals surface area contributed by atoms with Gasteiger partial charge in [0.25, 0.3) is 0 Å². The zero-order valence-electron chi connectivity index (χ0n) is 17.3. The van der Waals surface area contributed by atoms with E-state index in [0.29, 0.717) is 23.7 Å². The summed E-state index contributed by atoms with van der Waals surface area (Å²) < 4.78 is 10.2. The fourth-order valence-electron chi connectivity index (χ4n) is 3.17. The molecule has 2 aromatic carbocycles. The highest BCUT2D eigenvalue weighted by Crippen LogP contribution is 2.40. The molecule has 1 amide bonds. The fourth-order valence-corrected chi connectivity index (χ4v) is 3.17. The van der Waals surface area contributed by atoms with E-state index in [-0.39, 0.29) is 0 Å². The Morgan fingerprint density at radius 3 is 2.06 bits per heavy atom. The van der Waals surface area contributed by atoms with Crippen LogP contribution in [0.25, 0.3) is 22.4 Å². The van der Waals surface area contributed by atoms with Crippen molar-refractivity contribution >= 4 is 17.9 Å². The number of amides is 1. The lowest BCUT2D eigenvalue weighted by Gasteiger charge is -2.07. The van der Waals surface area contributed by atoms with Gasteiger partial charge in [0, 0.05) is 5.56 Å². The summed E-state index contributed by atoms with van der Waals surface area (Å²) in [5, 5.41) is 20.7. The summed E-state index contributed by atoms with van der Waals surface area (Å²) in [7, 11) is 0. The van der Waals surface area contributed by atoms with Crippen LogP contribution < -0.4 is 5.32 Å². The van der Waals surface area contributed by atoms with Gasteiger partial charge in [-0.2, -0.15) is 0 Å². The molecule has 0 aliphatic heterocycles. The van der Waals surface area contributed by atoms with Gasteiger partial charge in [-0.1, -0.05) is 53.7 Å². The monoisotopic (exact) mass is 424 g/mol. The highest BCUT2D eigenvalue weighted by Gasteiger charge is 2.23. The molecular weight excluding hydrogens is 400 g/mol. The molecular formula is C23H24N2O6. The third-order valence-electron chi connectivity index (χ3n) is 4.82. The van der Waals surface area contributed by atoms with Crippen molar-refractivity contribution in [2.45, 2.75) is 32.6 Å². The molecule has 3 aromatic rings. The molecule has 0 spiro atoms. The lowest BCUT2D eigenvalue weighted by atomic mass is 10.00. The first-order valence-corrected chi connectivity index (χ1v) is 9.91. The van der Waals surface area contributed by atoms with Crippen molar-refractivity contribution in [1.29, 1.82) is 0 Å². The molecule has 0 atom stereocenters. The fraction of sp³-hybridized carbons (Fsp3) is 0.261. The number of ether oxygens (including phenoxy) is 1. The van der Waals surface area contributed by atoms with Crippen molar-refractivity contribution in [2.75, 3.05) is 11.9 Å². The molecule has 0 bridgehead atoms. The van der Waals surface area contributed by atoms with Crippen LogP contribution in [0.15, 0.2) is 53.1 Å². The van der Waals surface area contributed by atoms with Gasteiger partial charge in [0.05, 0.1) is 6.61 Å². The number of aryl methyl sites for hydroxylation is 1. The summed E-state index contributed by atoms with van der Waals surface area (Å²) in [6.07, 6.45) is 0.276. The summed E-state index contributed by atoms with van der Waals surface area (Å²) in [5.41, 5.74) is 5.76. The van der Waals surface area contributed by atoms with Gasteiger partial charge >= 0.3 is 12.2 Å². The maximum absolute atomic E-state index is 11.8. The number of carbonyl (C=O) groups excluding carboxylic acids is 1. The first kappa shape index (κ1) is 21.9. The first-order valence-electron chi connectivity index (χ1n) is 9.91. The topological polar surface area (TPSA) is 122 Å². The van der Waals surface area contributed by atoms with E-state index < -0.39 is 12.2 Å². The maximum atomic E-state index is 11.8. The molecule has 162 valence electrons. The van der Waals surface area contributed by atoms with E-state index in [2.05, 4.69) is 46.9 Å². The van der Waals surface area contributed by atoms with Crippen LogP contribution in [0, 0.1) is 6.92 Å². The second-order valence-corrected chi connectivity index (χ2v) is 7.06. The Hall–Kier alpha value is -3.81. The largest absolute Gasteiger partial charge is 0.503 e. The van der Waals surface area contributed by atoms with Crippen molar-refractivity contribution in [3.63, 3.8) is 0 Å². The molecule has 31 heavy (non-hydrogen) atoms. The molecule has 1 fully saturated rings. The summed E-state index contributed by atoms with van der Waals surface area (Å²) in [6, 6.07) is 16.9. The standard InChI is InChI=1S/C22H22N2O3.CH2O3/c1-3-26-22(25)23-20-14(2)27-24-21(20)19-12-10-18(11-13-19)17-8-6-16(7-9-17)15-4-5-15;2-1(3)4/h6-13,15H,3-5H2,1-2H3,(H,23,25);(H2,2,3,4). The molecule has 8 heteroatoms. The molecule has 4 rings (SSSR count). The summed E-state index contributed by atoms with van der Waals surface area (Å²) >= 11 is 0. The molecule has 1 saturated carbocycles. The van der Waals surface area contributed by atoms with Crippen molar-refractivity contribution < 1.29 is 29.1 Å². The van der Waals surface area contributed by atoms with Crippen LogP contribution in [0.1, 0.15) is 37.0 Å². The van der Waals surface area contributed by atoms with Gasteiger partial charge in [-0.25, -0.2) is 9.59 Å². The number of anilines is 1. The molecule has 0 unspecified atom stereocenters. The normalized spacial score (nSPS) is 12.5. The molecule has 1 aliphatic carbocycles. The summed E-state index contributed by atoms with van der Waals surface area (Å²) in [6.45, 7) is 3.82. The molecule has 1 aliphatic rings. The summed E-state index contributed by atoms with van der Waals surface area (Å²) in [5.74, 6) is 1.31. The number of carbonyl (C=O) groups is 2. The average Bonchev–Trinajstić information content (AvgIpc) is 3.53. The Morgan fingerprint density at radius 2 is 1.55 bits per heavy atom. The van der Waals surface area contributed by atoms with Crippen LogP contribution in [0.4, 0.5) is 15.3 Å². The van der Waals surface area contributed by atoms with E-state index in [1.165, 1.54) is 24.0 Å². The Labute approximate surface area is 179 Å². The lowest BCUT2D eigenvalue weighted by Crippen LogP contribution is -2.14. The SMILES string of the molecule is CCOC(=O)Nc1c(-c2ccc(-c3ccc(C4CC4)cc3)cc2)noc1C.O=C(O)O. The van der Waals surface area contributed by atoms with Gasteiger partial charge in [-0.05, 0) is 49.3 Å².